The van der Waals surface area contributed by atoms with Crippen LogP contribution in [0.2, 0.25) is 0 Å². The van der Waals surface area contributed by atoms with E-state index in [1.807, 2.05) is 0 Å². The van der Waals surface area contributed by atoms with Crippen LogP contribution in [-0.4, -0.2) is 25.5 Å². The maximum absolute atomic E-state index is 11.4. The molecule has 4 nitrogen and oxygen atoms in total. The van der Waals surface area contributed by atoms with Crippen LogP contribution in [0.1, 0.15) is 90.4 Å². The largest absolute Gasteiger partial charge is 0.509 e. The summed E-state index contributed by atoms with van der Waals surface area (Å²) in [7, 11) is 0. The van der Waals surface area contributed by atoms with Gasteiger partial charge in [0.15, 0.2) is 6.23 Å². The number of rotatable bonds is 13. The smallest absolute Gasteiger partial charge is 0.434 e. The SMILES string of the molecule is CCCCCCCCCCCCCOC(=O)OC1CCCN1. The maximum Gasteiger partial charge on any atom is 0.509 e. The average molecular weight is 313 g/mol. The number of nitrogens with one attached hydrogen (secondary N) is 1. The molecular formula is C18H35NO3. The standard InChI is InChI=1S/C18H35NO3/c1-2-3-4-5-6-7-8-9-10-11-12-16-21-18(20)22-17-14-13-15-19-17/h17,19H,2-16H2,1H3. The van der Waals surface area contributed by atoms with Crippen molar-refractivity contribution in [2.45, 2.75) is 96.6 Å². The quantitative estimate of drug-likeness (QED) is 0.377. The van der Waals surface area contributed by atoms with E-state index >= 15 is 0 Å². The van der Waals surface area contributed by atoms with Gasteiger partial charge < -0.3 is 9.47 Å². The molecule has 4 heteroatoms. The highest BCUT2D eigenvalue weighted by Crippen LogP contribution is 2.11. The summed E-state index contributed by atoms with van der Waals surface area (Å²) in [4.78, 5) is 11.4. The number of hydrogen-bond donors (Lipinski definition) is 1. The van der Waals surface area contributed by atoms with E-state index in [4.69, 9.17) is 9.47 Å². The Balaban J connectivity index is 1.75. The zero-order valence-electron chi connectivity index (χ0n) is 14.4. The summed E-state index contributed by atoms with van der Waals surface area (Å²) in [5.41, 5.74) is 0. The third kappa shape index (κ3) is 10.9. The van der Waals surface area contributed by atoms with Gasteiger partial charge in [-0.3, -0.25) is 5.32 Å². The summed E-state index contributed by atoms with van der Waals surface area (Å²) in [5.74, 6) is 0. The fourth-order valence-corrected chi connectivity index (χ4v) is 2.83. The zero-order chi connectivity index (χ0) is 15.9. The number of unbranched alkanes of at least 4 members (excludes halogenated alkanes) is 10. The van der Waals surface area contributed by atoms with Crippen LogP contribution in [0.3, 0.4) is 0 Å². The van der Waals surface area contributed by atoms with E-state index in [-0.39, 0.29) is 6.23 Å². The molecule has 0 aromatic carbocycles. The Morgan fingerprint density at radius 1 is 0.955 bits per heavy atom. The molecule has 1 unspecified atom stereocenters. The summed E-state index contributed by atoms with van der Waals surface area (Å²) in [6, 6.07) is 0. The molecule has 1 aliphatic heterocycles. The molecule has 0 aliphatic carbocycles. The molecule has 1 fully saturated rings. The van der Waals surface area contributed by atoms with Gasteiger partial charge in [0.25, 0.3) is 0 Å². The number of carbonyl (C=O) groups excluding carboxylic acids is 1. The summed E-state index contributed by atoms with van der Waals surface area (Å²) >= 11 is 0. The van der Waals surface area contributed by atoms with Gasteiger partial charge >= 0.3 is 6.16 Å². The summed E-state index contributed by atoms with van der Waals surface area (Å²) < 4.78 is 10.2. The van der Waals surface area contributed by atoms with Gasteiger partial charge in [-0.15, -0.1) is 0 Å². The van der Waals surface area contributed by atoms with Gasteiger partial charge in [-0.05, 0) is 25.8 Å². The minimum Gasteiger partial charge on any atom is -0.434 e. The van der Waals surface area contributed by atoms with Crippen molar-refractivity contribution >= 4 is 6.16 Å². The van der Waals surface area contributed by atoms with E-state index < -0.39 is 6.16 Å². The molecule has 1 N–H and O–H groups in total. The third-order valence-electron chi connectivity index (χ3n) is 4.22. The molecule has 0 bridgehead atoms. The van der Waals surface area contributed by atoms with Gasteiger partial charge in [0.05, 0.1) is 6.61 Å². The second-order valence-electron chi connectivity index (χ2n) is 6.34. The van der Waals surface area contributed by atoms with Crippen LogP contribution >= 0.6 is 0 Å². The second-order valence-corrected chi connectivity index (χ2v) is 6.34. The van der Waals surface area contributed by atoms with Crippen molar-refractivity contribution in [2.75, 3.05) is 13.2 Å². The molecule has 1 rings (SSSR count). The highest BCUT2D eigenvalue weighted by Gasteiger charge is 2.18. The second kappa shape index (κ2) is 13.9. The molecule has 22 heavy (non-hydrogen) atoms. The monoisotopic (exact) mass is 313 g/mol. The Labute approximate surface area is 136 Å². The van der Waals surface area contributed by atoms with E-state index in [9.17, 15) is 4.79 Å². The topological polar surface area (TPSA) is 47.6 Å². The maximum atomic E-state index is 11.4. The lowest BCUT2D eigenvalue weighted by molar-refractivity contribution is 0.0179. The van der Waals surface area contributed by atoms with Gasteiger partial charge in [-0.2, -0.15) is 0 Å². The Morgan fingerprint density at radius 2 is 1.55 bits per heavy atom. The lowest BCUT2D eigenvalue weighted by atomic mass is 10.1. The Bertz CT molecular complexity index is 265. The molecule has 0 saturated carbocycles. The number of hydrogen-bond acceptors (Lipinski definition) is 4. The molecule has 0 aromatic rings. The van der Waals surface area contributed by atoms with Crippen molar-refractivity contribution in [3.8, 4) is 0 Å². The Hall–Kier alpha value is -0.770. The van der Waals surface area contributed by atoms with E-state index in [2.05, 4.69) is 12.2 Å². The van der Waals surface area contributed by atoms with Crippen LogP contribution in [-0.2, 0) is 9.47 Å². The van der Waals surface area contributed by atoms with Gasteiger partial charge in [0.1, 0.15) is 0 Å². The van der Waals surface area contributed by atoms with Crippen molar-refractivity contribution in [1.29, 1.82) is 0 Å². The lowest BCUT2D eigenvalue weighted by Crippen LogP contribution is -2.28. The van der Waals surface area contributed by atoms with Crippen molar-refractivity contribution in [1.82, 2.24) is 5.32 Å². The Kier molecular flexibility index (Phi) is 12.1. The fraction of sp³-hybridized carbons (Fsp3) is 0.944. The first-order valence-corrected chi connectivity index (χ1v) is 9.39. The average Bonchev–Trinajstić information content (AvgIpc) is 3.01. The summed E-state index contributed by atoms with van der Waals surface area (Å²) in [5, 5.41) is 3.11. The van der Waals surface area contributed by atoms with Crippen LogP contribution < -0.4 is 5.32 Å². The minimum atomic E-state index is -0.522. The lowest BCUT2D eigenvalue weighted by Gasteiger charge is -2.11. The van der Waals surface area contributed by atoms with E-state index in [0.29, 0.717) is 6.61 Å². The highest BCUT2D eigenvalue weighted by molar-refractivity contribution is 5.60. The van der Waals surface area contributed by atoms with Crippen LogP contribution in [0, 0.1) is 0 Å². The van der Waals surface area contributed by atoms with Crippen molar-refractivity contribution in [3.63, 3.8) is 0 Å². The minimum absolute atomic E-state index is 0.134. The molecule has 0 spiro atoms. The van der Waals surface area contributed by atoms with Crippen LogP contribution in [0.25, 0.3) is 0 Å². The third-order valence-corrected chi connectivity index (χ3v) is 4.22. The van der Waals surface area contributed by atoms with E-state index in [1.54, 1.807) is 0 Å². The summed E-state index contributed by atoms with van der Waals surface area (Å²) in [6.45, 7) is 3.67. The first-order valence-electron chi connectivity index (χ1n) is 9.39. The van der Waals surface area contributed by atoms with E-state index in [0.717, 1.165) is 32.2 Å². The van der Waals surface area contributed by atoms with Crippen molar-refractivity contribution in [3.05, 3.63) is 0 Å². The predicted octanol–water partition coefficient (Wildman–Crippen LogP) is 5.16. The molecule has 1 aliphatic rings. The van der Waals surface area contributed by atoms with Crippen LogP contribution in [0.5, 0.6) is 0 Å². The molecule has 1 saturated heterocycles. The zero-order valence-corrected chi connectivity index (χ0v) is 14.4. The number of ether oxygens (including phenoxy) is 2. The van der Waals surface area contributed by atoms with Gasteiger partial charge in [-0.25, -0.2) is 4.79 Å². The fourth-order valence-electron chi connectivity index (χ4n) is 2.83. The van der Waals surface area contributed by atoms with Crippen LogP contribution in [0.15, 0.2) is 0 Å². The number of carbonyl (C=O) groups is 1. The molecule has 1 atom stereocenters. The van der Waals surface area contributed by atoms with Gasteiger partial charge in [0, 0.05) is 0 Å². The molecule has 0 radical (unpaired) electrons. The first kappa shape index (κ1) is 19.3. The van der Waals surface area contributed by atoms with Gasteiger partial charge in [0.2, 0.25) is 0 Å². The Morgan fingerprint density at radius 3 is 2.09 bits per heavy atom. The van der Waals surface area contributed by atoms with Gasteiger partial charge in [-0.1, -0.05) is 71.1 Å². The van der Waals surface area contributed by atoms with Crippen LogP contribution in [0.4, 0.5) is 4.79 Å². The highest BCUT2D eigenvalue weighted by atomic mass is 16.7. The normalized spacial score (nSPS) is 17.6. The molecule has 0 aromatic heterocycles. The molecule has 0 amide bonds. The summed E-state index contributed by atoms with van der Waals surface area (Å²) in [6.07, 6.45) is 15.6. The first-order chi connectivity index (χ1) is 10.8. The van der Waals surface area contributed by atoms with E-state index in [1.165, 1.54) is 57.8 Å². The van der Waals surface area contributed by atoms with Crippen molar-refractivity contribution < 1.29 is 14.3 Å². The molecule has 130 valence electrons. The predicted molar refractivity (Wildman–Crippen MR) is 89.9 cm³/mol. The molecule has 1 heterocycles. The van der Waals surface area contributed by atoms with Crippen molar-refractivity contribution in [2.24, 2.45) is 0 Å². The molecular weight excluding hydrogens is 278 g/mol.